The second-order valence-electron chi connectivity index (χ2n) is 10.4. The zero-order chi connectivity index (χ0) is 23.5. The minimum Gasteiger partial charge on any atom is -0.496 e. The van der Waals surface area contributed by atoms with Crippen LogP contribution in [0.2, 0.25) is 0 Å². The third kappa shape index (κ3) is 2.78. The highest BCUT2D eigenvalue weighted by atomic mass is 16.5. The fourth-order valence-corrected chi connectivity index (χ4v) is 7.59. The summed E-state index contributed by atoms with van der Waals surface area (Å²) in [4.78, 5) is 15.7. The molecule has 1 heterocycles. The molecule has 1 N–H and O–H groups in total. The van der Waals surface area contributed by atoms with E-state index in [0.29, 0.717) is 6.54 Å². The smallest absolute Gasteiger partial charge is 0.311 e. The maximum atomic E-state index is 13.3. The highest BCUT2D eigenvalue weighted by molar-refractivity contribution is 5.81. The summed E-state index contributed by atoms with van der Waals surface area (Å²) in [5.74, 6) is 0.126. The summed E-state index contributed by atoms with van der Waals surface area (Å²) in [5.41, 5.74) is 4.91. The number of likely N-dealkylation sites (tertiary alicyclic amines) is 1. The number of fused-ring (bicyclic) bond motifs is 1. The van der Waals surface area contributed by atoms with E-state index in [2.05, 4.69) is 72.5 Å². The lowest BCUT2D eigenvalue weighted by Crippen LogP contribution is -2.60. The van der Waals surface area contributed by atoms with Crippen molar-refractivity contribution in [2.24, 2.45) is 11.3 Å². The fraction of sp³-hybridized carbons (Fsp3) is 0.367. The number of benzene rings is 3. The Bertz CT molecular complexity index is 1240. The molecule has 3 aliphatic carbocycles. The van der Waals surface area contributed by atoms with Crippen LogP contribution in [0.25, 0.3) is 0 Å². The molecule has 2 fully saturated rings. The maximum absolute atomic E-state index is 13.3. The molecular formula is C30H31NO3. The van der Waals surface area contributed by atoms with E-state index >= 15 is 0 Å². The third-order valence-corrected chi connectivity index (χ3v) is 8.92. The molecule has 4 unspecified atom stereocenters. The third-order valence-electron chi connectivity index (χ3n) is 8.92. The topological polar surface area (TPSA) is 49.8 Å². The SMILES string of the molecule is COc1cccc2c1C1CCC2(c2ccc(C)cc2)C2CN(Cc3ccccc3)CC12C(=O)O. The second kappa shape index (κ2) is 7.71. The van der Waals surface area contributed by atoms with Crippen molar-refractivity contribution in [2.75, 3.05) is 20.2 Å². The summed E-state index contributed by atoms with van der Waals surface area (Å²) in [6.45, 7) is 4.23. The summed E-state index contributed by atoms with van der Waals surface area (Å²) >= 11 is 0. The molecule has 1 saturated heterocycles. The second-order valence-corrected chi connectivity index (χ2v) is 10.4. The van der Waals surface area contributed by atoms with Gasteiger partial charge in [0, 0.05) is 42.4 Å². The lowest BCUT2D eigenvalue weighted by molar-refractivity contribution is -0.157. The number of carboxylic acid groups (broad SMARTS) is 1. The number of nitrogens with zero attached hydrogens (tertiary/aromatic N) is 1. The predicted molar refractivity (Wildman–Crippen MR) is 132 cm³/mol. The van der Waals surface area contributed by atoms with Gasteiger partial charge in [-0.1, -0.05) is 72.3 Å². The molecule has 174 valence electrons. The number of rotatable bonds is 5. The minimum absolute atomic E-state index is 0.00211. The van der Waals surface area contributed by atoms with Gasteiger partial charge in [-0.2, -0.15) is 0 Å². The molecule has 4 heteroatoms. The highest BCUT2D eigenvalue weighted by Crippen LogP contribution is 2.70. The molecular weight excluding hydrogens is 422 g/mol. The summed E-state index contributed by atoms with van der Waals surface area (Å²) in [6.07, 6.45) is 1.84. The average Bonchev–Trinajstić information content (AvgIpc) is 3.27. The predicted octanol–water partition coefficient (Wildman–Crippen LogP) is 5.38. The number of ether oxygens (including phenoxy) is 1. The first kappa shape index (κ1) is 21.4. The molecule has 1 aliphatic heterocycles. The largest absolute Gasteiger partial charge is 0.496 e. The van der Waals surface area contributed by atoms with Crippen LogP contribution in [0.5, 0.6) is 5.75 Å². The molecule has 4 nitrogen and oxygen atoms in total. The van der Waals surface area contributed by atoms with Gasteiger partial charge in [-0.15, -0.1) is 0 Å². The monoisotopic (exact) mass is 453 g/mol. The van der Waals surface area contributed by atoms with Gasteiger partial charge in [-0.3, -0.25) is 9.69 Å². The van der Waals surface area contributed by atoms with Gasteiger partial charge in [0.1, 0.15) is 5.75 Å². The van der Waals surface area contributed by atoms with Crippen LogP contribution in [-0.2, 0) is 16.8 Å². The maximum Gasteiger partial charge on any atom is 0.311 e. The van der Waals surface area contributed by atoms with Gasteiger partial charge in [0.2, 0.25) is 0 Å². The zero-order valence-corrected chi connectivity index (χ0v) is 19.8. The molecule has 2 bridgehead atoms. The Kier molecular flexibility index (Phi) is 4.86. The van der Waals surface area contributed by atoms with E-state index in [9.17, 15) is 9.90 Å². The Morgan fingerprint density at radius 1 is 1.06 bits per heavy atom. The molecule has 1 saturated carbocycles. The lowest BCUT2D eigenvalue weighted by atomic mass is 9.42. The summed E-state index contributed by atoms with van der Waals surface area (Å²) in [6, 6.07) is 25.5. The fourth-order valence-electron chi connectivity index (χ4n) is 7.59. The number of carboxylic acids is 1. The normalized spacial score (nSPS) is 29.5. The minimum atomic E-state index is -0.834. The van der Waals surface area contributed by atoms with Crippen LogP contribution in [0, 0.1) is 18.3 Å². The van der Waals surface area contributed by atoms with Crippen molar-refractivity contribution in [3.05, 3.63) is 101 Å². The lowest BCUT2D eigenvalue weighted by Gasteiger charge is -2.59. The molecule has 0 aromatic heterocycles. The van der Waals surface area contributed by atoms with Crippen molar-refractivity contribution < 1.29 is 14.6 Å². The van der Waals surface area contributed by atoms with E-state index in [1.807, 2.05) is 12.1 Å². The van der Waals surface area contributed by atoms with E-state index < -0.39 is 11.4 Å². The van der Waals surface area contributed by atoms with Crippen molar-refractivity contribution in [2.45, 2.75) is 37.6 Å². The molecule has 0 amide bonds. The van der Waals surface area contributed by atoms with Gasteiger partial charge in [-0.05, 0) is 42.5 Å². The Morgan fingerprint density at radius 2 is 1.82 bits per heavy atom. The van der Waals surface area contributed by atoms with Gasteiger partial charge in [0.25, 0.3) is 0 Å². The van der Waals surface area contributed by atoms with Crippen molar-refractivity contribution in [3.63, 3.8) is 0 Å². The van der Waals surface area contributed by atoms with Crippen molar-refractivity contribution in [1.29, 1.82) is 0 Å². The number of methoxy groups -OCH3 is 1. The molecule has 0 radical (unpaired) electrons. The van der Waals surface area contributed by atoms with Crippen LogP contribution in [0.15, 0.2) is 72.8 Å². The summed E-state index contributed by atoms with van der Waals surface area (Å²) in [5, 5.41) is 10.9. The van der Waals surface area contributed by atoms with E-state index in [0.717, 1.165) is 37.2 Å². The van der Waals surface area contributed by atoms with Crippen LogP contribution in [-0.4, -0.2) is 36.2 Å². The van der Waals surface area contributed by atoms with E-state index in [-0.39, 0.29) is 17.3 Å². The molecule has 0 spiro atoms. The number of hydrogen-bond acceptors (Lipinski definition) is 3. The quantitative estimate of drug-likeness (QED) is 0.563. The first-order chi connectivity index (χ1) is 16.5. The number of carbonyl (C=O) groups is 1. The highest BCUT2D eigenvalue weighted by Gasteiger charge is 2.70. The Labute approximate surface area is 201 Å². The van der Waals surface area contributed by atoms with Crippen LogP contribution < -0.4 is 4.74 Å². The van der Waals surface area contributed by atoms with Crippen molar-refractivity contribution in [1.82, 2.24) is 4.90 Å². The Morgan fingerprint density at radius 3 is 2.53 bits per heavy atom. The first-order valence-electron chi connectivity index (χ1n) is 12.2. The molecule has 3 aromatic carbocycles. The molecule has 4 atom stereocenters. The zero-order valence-electron chi connectivity index (χ0n) is 19.8. The van der Waals surface area contributed by atoms with Crippen LogP contribution in [0.4, 0.5) is 0 Å². The number of hydrogen-bond donors (Lipinski definition) is 1. The standard InChI is InChI=1S/C30H31NO3/c1-20-11-13-22(14-12-20)29-16-15-24(27-23(29)9-6-10-25(27)34-2)30(28(32)33)19-31(18-26(29)30)17-21-7-4-3-5-8-21/h3-14,24,26H,15-19H2,1-2H3,(H,32,33). The van der Waals surface area contributed by atoms with E-state index in [4.69, 9.17) is 4.74 Å². The molecule has 4 aliphatic rings. The van der Waals surface area contributed by atoms with Crippen LogP contribution >= 0.6 is 0 Å². The van der Waals surface area contributed by atoms with Gasteiger partial charge >= 0.3 is 5.97 Å². The van der Waals surface area contributed by atoms with Crippen molar-refractivity contribution >= 4 is 5.97 Å². The Hall–Kier alpha value is -3.11. The molecule has 7 rings (SSSR count). The number of aliphatic carboxylic acids is 1. The van der Waals surface area contributed by atoms with Gasteiger partial charge in [0.05, 0.1) is 12.5 Å². The van der Waals surface area contributed by atoms with E-state index in [1.54, 1.807) is 7.11 Å². The van der Waals surface area contributed by atoms with Crippen LogP contribution in [0.3, 0.4) is 0 Å². The molecule has 34 heavy (non-hydrogen) atoms. The number of aryl methyl sites for hydroxylation is 1. The van der Waals surface area contributed by atoms with Gasteiger partial charge < -0.3 is 9.84 Å². The van der Waals surface area contributed by atoms with Gasteiger partial charge in [-0.25, -0.2) is 0 Å². The summed E-state index contributed by atoms with van der Waals surface area (Å²) in [7, 11) is 1.71. The van der Waals surface area contributed by atoms with E-state index in [1.165, 1.54) is 22.3 Å². The Balaban J connectivity index is 1.57. The van der Waals surface area contributed by atoms with Crippen molar-refractivity contribution in [3.8, 4) is 5.75 Å². The first-order valence-corrected chi connectivity index (χ1v) is 12.2. The summed E-state index contributed by atoms with van der Waals surface area (Å²) < 4.78 is 5.85. The van der Waals surface area contributed by atoms with Crippen LogP contribution in [0.1, 0.15) is 46.6 Å². The molecule has 3 aromatic rings. The average molecular weight is 454 g/mol. The van der Waals surface area contributed by atoms with Gasteiger partial charge in [0.15, 0.2) is 0 Å².